The maximum absolute atomic E-state index is 12.6. The predicted molar refractivity (Wildman–Crippen MR) is 93.8 cm³/mol. The lowest BCUT2D eigenvalue weighted by Gasteiger charge is -2.19. The molecule has 2 unspecified atom stereocenters. The molecule has 2 aromatic carbocycles. The quantitative estimate of drug-likeness (QED) is 0.771. The smallest absolute Gasteiger partial charge is 0.243 e. The van der Waals surface area contributed by atoms with Crippen molar-refractivity contribution in [2.75, 3.05) is 0 Å². The summed E-state index contributed by atoms with van der Waals surface area (Å²) in [6, 6.07) is 18.5. The van der Waals surface area contributed by atoms with E-state index in [1.165, 1.54) is 0 Å². The molecule has 1 aromatic heterocycles. The summed E-state index contributed by atoms with van der Waals surface area (Å²) in [4.78, 5) is 24.0. The molecular weight excluding hydrogens is 316 g/mol. The number of carbonyl (C=O) groups excluding carboxylic acids is 2. The Balaban J connectivity index is 1.67. The van der Waals surface area contributed by atoms with E-state index < -0.39 is 12.1 Å². The van der Waals surface area contributed by atoms with Gasteiger partial charge in [-0.2, -0.15) is 0 Å². The molecule has 1 fully saturated rings. The first-order valence-electron chi connectivity index (χ1n) is 8.34. The Bertz CT molecular complexity index is 884. The molecule has 0 bridgehead atoms. The molecule has 0 radical (unpaired) electrons. The Hall–Kier alpha value is -3.08. The zero-order valence-corrected chi connectivity index (χ0v) is 13.6. The van der Waals surface area contributed by atoms with Crippen molar-refractivity contribution in [2.45, 2.75) is 24.9 Å². The maximum atomic E-state index is 12.6. The second-order valence-corrected chi connectivity index (χ2v) is 6.20. The fourth-order valence-corrected chi connectivity index (χ4v) is 3.16. The maximum Gasteiger partial charge on any atom is 0.243 e. The third kappa shape index (κ3) is 3.13. The van der Waals surface area contributed by atoms with Crippen LogP contribution in [0.4, 0.5) is 0 Å². The van der Waals surface area contributed by atoms with Gasteiger partial charge in [-0.1, -0.05) is 48.5 Å². The number of para-hydroxylation sites is 1. The van der Waals surface area contributed by atoms with E-state index in [-0.39, 0.29) is 11.8 Å². The van der Waals surface area contributed by atoms with Crippen molar-refractivity contribution in [1.82, 2.24) is 10.6 Å². The van der Waals surface area contributed by atoms with Crippen LogP contribution in [0.2, 0.25) is 0 Å². The third-order valence-corrected chi connectivity index (χ3v) is 4.46. The van der Waals surface area contributed by atoms with Crippen LogP contribution in [0.15, 0.2) is 65.1 Å². The summed E-state index contributed by atoms with van der Waals surface area (Å²) in [5.74, 6) is 0.394. The van der Waals surface area contributed by atoms with E-state index in [1.54, 1.807) is 0 Å². The average Bonchev–Trinajstić information content (AvgIpc) is 3.26. The van der Waals surface area contributed by atoms with E-state index in [0.29, 0.717) is 18.6 Å². The van der Waals surface area contributed by atoms with Crippen LogP contribution in [0.5, 0.6) is 0 Å². The van der Waals surface area contributed by atoms with E-state index in [9.17, 15) is 9.59 Å². The second-order valence-electron chi connectivity index (χ2n) is 6.20. The van der Waals surface area contributed by atoms with Crippen LogP contribution in [-0.4, -0.2) is 17.9 Å². The first-order valence-corrected chi connectivity index (χ1v) is 8.34. The first-order chi connectivity index (χ1) is 12.2. The zero-order valence-electron chi connectivity index (χ0n) is 13.6. The van der Waals surface area contributed by atoms with Crippen molar-refractivity contribution in [1.29, 1.82) is 0 Å². The number of hydrogen-bond acceptors (Lipinski definition) is 3. The molecule has 2 atom stereocenters. The molecule has 0 aliphatic carbocycles. The molecule has 4 rings (SSSR count). The summed E-state index contributed by atoms with van der Waals surface area (Å²) in [7, 11) is 0. The van der Waals surface area contributed by atoms with Gasteiger partial charge in [0.1, 0.15) is 23.4 Å². The minimum absolute atomic E-state index is 0.0832. The first kappa shape index (κ1) is 15.4. The Morgan fingerprint density at radius 2 is 1.88 bits per heavy atom. The van der Waals surface area contributed by atoms with E-state index in [4.69, 9.17) is 4.42 Å². The normalized spacial score (nSPS) is 18.1. The monoisotopic (exact) mass is 334 g/mol. The topological polar surface area (TPSA) is 71.3 Å². The molecule has 2 amide bonds. The van der Waals surface area contributed by atoms with Gasteiger partial charge >= 0.3 is 0 Å². The van der Waals surface area contributed by atoms with Gasteiger partial charge in [-0.15, -0.1) is 0 Å². The van der Waals surface area contributed by atoms with Crippen LogP contribution in [0, 0.1) is 0 Å². The molecule has 1 saturated heterocycles. The minimum Gasteiger partial charge on any atom is -0.459 e. The minimum atomic E-state index is -0.483. The number of amides is 2. The third-order valence-electron chi connectivity index (χ3n) is 4.46. The molecule has 126 valence electrons. The highest BCUT2D eigenvalue weighted by molar-refractivity contribution is 5.91. The highest BCUT2D eigenvalue weighted by Crippen LogP contribution is 2.28. The Kier molecular flexibility index (Phi) is 3.98. The summed E-state index contributed by atoms with van der Waals surface area (Å²) in [5.41, 5.74) is 1.71. The summed E-state index contributed by atoms with van der Waals surface area (Å²) >= 11 is 0. The number of furan rings is 1. The lowest BCUT2D eigenvalue weighted by Crippen LogP contribution is -2.43. The van der Waals surface area contributed by atoms with Gasteiger partial charge in [0.25, 0.3) is 0 Å². The lowest BCUT2D eigenvalue weighted by atomic mass is 10.0. The van der Waals surface area contributed by atoms with E-state index in [1.807, 2.05) is 60.7 Å². The summed E-state index contributed by atoms with van der Waals surface area (Å²) < 4.78 is 5.97. The second kappa shape index (κ2) is 6.43. The lowest BCUT2D eigenvalue weighted by molar-refractivity contribution is -0.126. The van der Waals surface area contributed by atoms with E-state index >= 15 is 0 Å². The van der Waals surface area contributed by atoms with Crippen LogP contribution in [0.3, 0.4) is 0 Å². The zero-order chi connectivity index (χ0) is 17.2. The van der Waals surface area contributed by atoms with Crippen molar-refractivity contribution in [3.05, 3.63) is 72.0 Å². The Labute approximate surface area is 145 Å². The highest BCUT2D eigenvalue weighted by atomic mass is 16.3. The predicted octanol–water partition coefficient (Wildman–Crippen LogP) is 2.92. The van der Waals surface area contributed by atoms with Gasteiger partial charge in [-0.05, 0) is 24.1 Å². The molecular formula is C20H18N2O3. The number of carbonyl (C=O) groups is 2. The molecule has 2 heterocycles. The average molecular weight is 334 g/mol. The SMILES string of the molecule is O=C1CCC(C(=O)NC(c2ccccc2)c2cc3ccccc3o2)N1. The van der Waals surface area contributed by atoms with Crippen molar-refractivity contribution in [2.24, 2.45) is 0 Å². The summed E-state index contributed by atoms with van der Waals surface area (Å²) in [6.07, 6.45) is 0.908. The molecule has 5 heteroatoms. The Morgan fingerprint density at radius 3 is 2.60 bits per heavy atom. The van der Waals surface area contributed by atoms with Crippen molar-refractivity contribution in [3.8, 4) is 0 Å². The van der Waals surface area contributed by atoms with E-state index in [2.05, 4.69) is 10.6 Å². The molecule has 0 spiro atoms. The Morgan fingerprint density at radius 1 is 1.12 bits per heavy atom. The molecule has 0 saturated carbocycles. The van der Waals surface area contributed by atoms with Crippen LogP contribution in [0.25, 0.3) is 11.0 Å². The standard InChI is InChI=1S/C20H18N2O3/c23-18-11-10-15(21-18)20(24)22-19(13-6-2-1-3-7-13)17-12-14-8-4-5-9-16(14)25-17/h1-9,12,15,19H,10-11H2,(H,21,23)(H,22,24). The highest BCUT2D eigenvalue weighted by Gasteiger charge is 2.30. The number of benzene rings is 2. The molecule has 2 N–H and O–H groups in total. The molecule has 1 aliphatic rings. The van der Waals surface area contributed by atoms with Gasteiger partial charge in [-0.3, -0.25) is 9.59 Å². The van der Waals surface area contributed by atoms with Gasteiger partial charge in [0, 0.05) is 11.8 Å². The summed E-state index contributed by atoms with van der Waals surface area (Å²) in [6.45, 7) is 0. The van der Waals surface area contributed by atoms with Crippen LogP contribution >= 0.6 is 0 Å². The fourth-order valence-electron chi connectivity index (χ4n) is 3.16. The van der Waals surface area contributed by atoms with E-state index in [0.717, 1.165) is 16.5 Å². The van der Waals surface area contributed by atoms with Crippen LogP contribution < -0.4 is 10.6 Å². The number of hydrogen-bond donors (Lipinski definition) is 2. The van der Waals surface area contributed by atoms with Gasteiger partial charge in [0.15, 0.2) is 0 Å². The molecule has 25 heavy (non-hydrogen) atoms. The number of rotatable bonds is 4. The van der Waals surface area contributed by atoms with Crippen molar-refractivity contribution in [3.63, 3.8) is 0 Å². The van der Waals surface area contributed by atoms with Gasteiger partial charge in [0.05, 0.1) is 0 Å². The number of nitrogens with one attached hydrogen (secondary N) is 2. The molecule has 5 nitrogen and oxygen atoms in total. The molecule has 1 aliphatic heterocycles. The van der Waals surface area contributed by atoms with Crippen molar-refractivity contribution < 1.29 is 14.0 Å². The summed E-state index contributed by atoms with van der Waals surface area (Å²) in [5, 5.41) is 6.72. The number of fused-ring (bicyclic) bond motifs is 1. The molecule has 3 aromatic rings. The van der Waals surface area contributed by atoms with Crippen LogP contribution in [0.1, 0.15) is 30.2 Å². The van der Waals surface area contributed by atoms with Crippen LogP contribution in [-0.2, 0) is 9.59 Å². The van der Waals surface area contributed by atoms with Gasteiger partial charge < -0.3 is 15.1 Å². The fraction of sp³-hybridized carbons (Fsp3) is 0.200. The largest absolute Gasteiger partial charge is 0.459 e. The van der Waals surface area contributed by atoms with Crippen molar-refractivity contribution >= 4 is 22.8 Å². The van der Waals surface area contributed by atoms with Gasteiger partial charge in [-0.25, -0.2) is 0 Å². The van der Waals surface area contributed by atoms with Gasteiger partial charge in [0.2, 0.25) is 11.8 Å².